The molecule has 0 radical (unpaired) electrons. The summed E-state index contributed by atoms with van der Waals surface area (Å²) in [6, 6.07) is 7.55. The van der Waals surface area contributed by atoms with Gasteiger partial charge >= 0.3 is 0 Å². The highest BCUT2D eigenvalue weighted by molar-refractivity contribution is 6.09. The van der Waals surface area contributed by atoms with Crippen molar-refractivity contribution in [2.45, 2.75) is 25.8 Å². The van der Waals surface area contributed by atoms with E-state index in [1.807, 2.05) is 24.6 Å². The molecule has 2 N–H and O–H groups in total. The Kier molecular flexibility index (Phi) is 4.35. The highest BCUT2D eigenvalue weighted by Crippen LogP contribution is 2.15. The summed E-state index contributed by atoms with van der Waals surface area (Å²) in [7, 11) is 1.90. The summed E-state index contributed by atoms with van der Waals surface area (Å²) < 4.78 is 14.8. The normalized spacial score (nSPS) is 12.4. The molecule has 2 aromatic rings. The van der Waals surface area contributed by atoms with Crippen LogP contribution in [0.25, 0.3) is 0 Å². The first kappa shape index (κ1) is 14.5. The van der Waals surface area contributed by atoms with Crippen molar-refractivity contribution in [3.8, 4) is 0 Å². The molecular formula is C16H19FN2O. The van der Waals surface area contributed by atoms with Gasteiger partial charge in [0.1, 0.15) is 5.82 Å². The van der Waals surface area contributed by atoms with Crippen LogP contribution in [0.1, 0.15) is 35.0 Å². The van der Waals surface area contributed by atoms with Crippen molar-refractivity contribution in [2.24, 2.45) is 12.8 Å². The highest BCUT2D eigenvalue weighted by atomic mass is 19.1. The van der Waals surface area contributed by atoms with Crippen LogP contribution in [0.15, 0.2) is 36.5 Å². The fourth-order valence-corrected chi connectivity index (χ4v) is 2.12. The number of aromatic nitrogens is 1. The van der Waals surface area contributed by atoms with E-state index in [-0.39, 0.29) is 17.6 Å². The van der Waals surface area contributed by atoms with Gasteiger partial charge in [-0.3, -0.25) is 4.79 Å². The predicted octanol–water partition coefficient (Wildman–Crippen LogP) is 2.68. The zero-order chi connectivity index (χ0) is 14.7. The average molecular weight is 274 g/mol. The average Bonchev–Trinajstić information content (AvgIpc) is 2.80. The van der Waals surface area contributed by atoms with E-state index in [9.17, 15) is 9.18 Å². The fourth-order valence-electron chi connectivity index (χ4n) is 2.12. The van der Waals surface area contributed by atoms with Crippen LogP contribution < -0.4 is 5.73 Å². The van der Waals surface area contributed by atoms with Crippen LogP contribution in [0, 0.1) is 5.82 Å². The maximum Gasteiger partial charge on any atom is 0.194 e. The number of hydrogen-bond acceptors (Lipinski definition) is 2. The Hall–Kier alpha value is -1.94. The van der Waals surface area contributed by atoms with Crippen molar-refractivity contribution in [1.82, 2.24) is 4.57 Å². The lowest BCUT2D eigenvalue weighted by Crippen LogP contribution is -2.22. The van der Waals surface area contributed by atoms with Gasteiger partial charge in [0.25, 0.3) is 0 Å². The highest BCUT2D eigenvalue weighted by Gasteiger charge is 2.14. The van der Waals surface area contributed by atoms with Crippen LogP contribution in [-0.2, 0) is 13.5 Å². The Bertz CT molecular complexity index is 601. The molecule has 0 aliphatic heterocycles. The number of halogens is 1. The van der Waals surface area contributed by atoms with Crippen LogP contribution >= 0.6 is 0 Å². The number of benzene rings is 1. The maximum atomic E-state index is 12.9. The molecule has 3 nitrogen and oxygen atoms in total. The summed E-state index contributed by atoms with van der Waals surface area (Å²) in [6.07, 6.45) is 3.43. The van der Waals surface area contributed by atoms with E-state index < -0.39 is 0 Å². The first-order chi connectivity index (χ1) is 9.51. The third-order valence-corrected chi connectivity index (χ3v) is 3.47. The predicted molar refractivity (Wildman–Crippen MR) is 77.2 cm³/mol. The number of rotatable bonds is 5. The molecule has 0 amide bonds. The summed E-state index contributed by atoms with van der Waals surface area (Å²) in [5.41, 5.74) is 8.08. The SMILES string of the molecule is CCC(N)Cc1cc(C(=O)c2ccc(F)cc2)cn1C. The van der Waals surface area contributed by atoms with Gasteiger partial charge in [-0.2, -0.15) is 0 Å². The van der Waals surface area contributed by atoms with Gasteiger partial charge in [-0.05, 0) is 36.8 Å². The minimum atomic E-state index is -0.343. The third kappa shape index (κ3) is 3.14. The quantitative estimate of drug-likeness (QED) is 0.852. The van der Waals surface area contributed by atoms with Crippen molar-refractivity contribution in [3.63, 3.8) is 0 Å². The second kappa shape index (κ2) is 6.01. The second-order valence-corrected chi connectivity index (χ2v) is 5.04. The van der Waals surface area contributed by atoms with E-state index in [0.29, 0.717) is 11.1 Å². The first-order valence-corrected chi connectivity index (χ1v) is 6.72. The Morgan fingerprint density at radius 2 is 1.95 bits per heavy atom. The summed E-state index contributed by atoms with van der Waals surface area (Å²) in [5, 5.41) is 0. The first-order valence-electron chi connectivity index (χ1n) is 6.72. The van der Waals surface area contributed by atoms with Gasteiger partial charge in [0.2, 0.25) is 0 Å². The molecule has 0 saturated carbocycles. The molecule has 0 aliphatic carbocycles. The maximum absolute atomic E-state index is 12.9. The monoisotopic (exact) mass is 274 g/mol. The van der Waals surface area contributed by atoms with Crippen molar-refractivity contribution < 1.29 is 9.18 Å². The molecule has 20 heavy (non-hydrogen) atoms. The largest absolute Gasteiger partial charge is 0.354 e. The summed E-state index contributed by atoms with van der Waals surface area (Å²) >= 11 is 0. The van der Waals surface area contributed by atoms with Crippen molar-refractivity contribution in [2.75, 3.05) is 0 Å². The van der Waals surface area contributed by atoms with E-state index in [1.165, 1.54) is 24.3 Å². The van der Waals surface area contributed by atoms with Gasteiger partial charge < -0.3 is 10.3 Å². The number of aryl methyl sites for hydroxylation is 1. The standard InChI is InChI=1S/C16H19FN2O/c1-3-14(18)9-15-8-12(10-19(15)2)16(20)11-4-6-13(17)7-5-11/h4-8,10,14H,3,9,18H2,1-2H3. The lowest BCUT2D eigenvalue weighted by atomic mass is 10.0. The Morgan fingerprint density at radius 1 is 1.30 bits per heavy atom. The van der Waals surface area contributed by atoms with Gasteiger partial charge in [0, 0.05) is 42.5 Å². The lowest BCUT2D eigenvalue weighted by molar-refractivity contribution is 0.103. The number of nitrogens with zero attached hydrogens (tertiary/aromatic N) is 1. The van der Waals surface area contributed by atoms with Crippen molar-refractivity contribution in [1.29, 1.82) is 0 Å². The topological polar surface area (TPSA) is 48.0 Å². The fraction of sp³-hybridized carbons (Fsp3) is 0.312. The molecule has 2 rings (SSSR count). The molecule has 0 spiro atoms. The number of nitrogens with two attached hydrogens (primary N) is 1. The molecule has 1 unspecified atom stereocenters. The zero-order valence-corrected chi connectivity index (χ0v) is 11.8. The Morgan fingerprint density at radius 3 is 2.55 bits per heavy atom. The van der Waals surface area contributed by atoms with Crippen LogP contribution in [-0.4, -0.2) is 16.4 Å². The van der Waals surface area contributed by atoms with Gasteiger partial charge in [0.15, 0.2) is 5.78 Å². The molecule has 4 heteroatoms. The third-order valence-electron chi connectivity index (χ3n) is 3.47. The number of hydrogen-bond donors (Lipinski definition) is 1. The van der Waals surface area contributed by atoms with Gasteiger partial charge in [0.05, 0.1) is 0 Å². The number of carbonyl (C=O) groups is 1. The second-order valence-electron chi connectivity index (χ2n) is 5.04. The summed E-state index contributed by atoms with van der Waals surface area (Å²) in [4.78, 5) is 12.3. The molecule has 106 valence electrons. The molecule has 0 fully saturated rings. The van der Waals surface area contributed by atoms with Crippen molar-refractivity contribution in [3.05, 3.63) is 59.2 Å². The van der Waals surface area contributed by atoms with Gasteiger partial charge in [-0.15, -0.1) is 0 Å². The number of carbonyl (C=O) groups excluding carboxylic acids is 1. The smallest absolute Gasteiger partial charge is 0.194 e. The zero-order valence-electron chi connectivity index (χ0n) is 11.8. The van der Waals surface area contributed by atoms with Crippen molar-refractivity contribution >= 4 is 5.78 Å². The van der Waals surface area contributed by atoms with Gasteiger partial charge in [-0.25, -0.2) is 4.39 Å². The lowest BCUT2D eigenvalue weighted by Gasteiger charge is -2.08. The molecular weight excluding hydrogens is 255 g/mol. The van der Waals surface area contributed by atoms with E-state index >= 15 is 0 Å². The van der Waals surface area contributed by atoms with E-state index in [2.05, 4.69) is 0 Å². The minimum Gasteiger partial charge on any atom is -0.354 e. The van der Waals surface area contributed by atoms with Gasteiger partial charge in [-0.1, -0.05) is 6.92 Å². The molecule has 1 atom stereocenters. The number of ketones is 1. The van der Waals surface area contributed by atoms with E-state index in [4.69, 9.17) is 5.73 Å². The van der Waals surface area contributed by atoms with E-state index in [0.717, 1.165) is 18.5 Å². The molecule has 1 heterocycles. The molecule has 1 aromatic carbocycles. The van der Waals surface area contributed by atoms with Crippen LogP contribution in [0.2, 0.25) is 0 Å². The molecule has 0 saturated heterocycles. The summed E-state index contributed by atoms with van der Waals surface area (Å²) in [5.74, 6) is -0.443. The summed E-state index contributed by atoms with van der Waals surface area (Å²) in [6.45, 7) is 2.04. The van der Waals surface area contributed by atoms with E-state index in [1.54, 1.807) is 6.20 Å². The molecule has 0 bridgehead atoms. The Balaban J connectivity index is 2.23. The van der Waals surface area contributed by atoms with Crippen LogP contribution in [0.5, 0.6) is 0 Å². The minimum absolute atomic E-state index is 0.0948. The van der Waals surface area contributed by atoms with Crippen LogP contribution in [0.4, 0.5) is 4.39 Å². The molecule has 0 aliphatic rings. The van der Waals surface area contributed by atoms with Crippen LogP contribution in [0.3, 0.4) is 0 Å². The molecule has 1 aromatic heterocycles. The Labute approximate surface area is 118 Å².